The summed E-state index contributed by atoms with van der Waals surface area (Å²) in [6.45, 7) is 2.04. The first-order valence-electron chi connectivity index (χ1n) is 6.52. The van der Waals surface area contributed by atoms with Crippen molar-refractivity contribution >= 4 is 11.7 Å². The van der Waals surface area contributed by atoms with E-state index in [9.17, 15) is 4.79 Å². The van der Waals surface area contributed by atoms with Gasteiger partial charge in [0.2, 0.25) is 0 Å². The molecule has 0 amide bonds. The molecule has 0 aromatic heterocycles. The molecule has 0 aliphatic rings. The summed E-state index contributed by atoms with van der Waals surface area (Å²) >= 11 is 0. The minimum atomic E-state index is -0.463. The number of hydrogen-bond donors (Lipinski definition) is 1. The second kappa shape index (κ2) is 6.65. The molecule has 0 saturated carbocycles. The highest BCUT2D eigenvalue weighted by Crippen LogP contribution is 2.27. The van der Waals surface area contributed by atoms with Crippen LogP contribution in [0.4, 0.5) is 5.69 Å². The largest absolute Gasteiger partial charge is 0.497 e. The minimum absolute atomic E-state index is 0.293. The van der Waals surface area contributed by atoms with Crippen LogP contribution in [0.3, 0.4) is 0 Å². The molecule has 5 heteroatoms. The molecule has 2 aromatic carbocycles. The van der Waals surface area contributed by atoms with Crippen molar-refractivity contribution in [2.24, 2.45) is 0 Å². The molecule has 2 rings (SSSR count). The predicted molar refractivity (Wildman–Crippen MR) is 79.9 cm³/mol. The number of anilines is 1. The minimum Gasteiger partial charge on any atom is -0.497 e. The Labute approximate surface area is 123 Å². The lowest BCUT2D eigenvalue weighted by molar-refractivity contribution is 0.0527. The third kappa shape index (κ3) is 3.66. The lowest BCUT2D eigenvalue weighted by Crippen LogP contribution is -2.08. The van der Waals surface area contributed by atoms with Crippen molar-refractivity contribution in [3.05, 3.63) is 48.0 Å². The van der Waals surface area contributed by atoms with Crippen molar-refractivity contribution in [3.63, 3.8) is 0 Å². The Balaban J connectivity index is 2.20. The Morgan fingerprint density at radius 2 is 1.67 bits per heavy atom. The van der Waals surface area contributed by atoms with Crippen LogP contribution >= 0.6 is 0 Å². The van der Waals surface area contributed by atoms with Gasteiger partial charge in [-0.1, -0.05) is 0 Å². The van der Waals surface area contributed by atoms with Gasteiger partial charge >= 0.3 is 5.97 Å². The van der Waals surface area contributed by atoms with Gasteiger partial charge in [-0.25, -0.2) is 4.79 Å². The second-order valence-electron chi connectivity index (χ2n) is 4.25. The summed E-state index contributed by atoms with van der Waals surface area (Å²) in [7, 11) is 1.60. The van der Waals surface area contributed by atoms with Gasteiger partial charge in [-0.2, -0.15) is 0 Å². The van der Waals surface area contributed by atoms with Crippen molar-refractivity contribution in [2.45, 2.75) is 6.92 Å². The number of esters is 1. The van der Waals surface area contributed by atoms with Gasteiger partial charge in [0.25, 0.3) is 0 Å². The maximum Gasteiger partial charge on any atom is 0.340 e. The number of methoxy groups -OCH3 is 1. The number of benzene rings is 2. The predicted octanol–water partition coefficient (Wildman–Crippen LogP) is 3.25. The maximum atomic E-state index is 11.8. The van der Waals surface area contributed by atoms with Crippen LogP contribution in [0, 0.1) is 0 Å². The van der Waals surface area contributed by atoms with Gasteiger partial charge < -0.3 is 19.9 Å². The lowest BCUT2D eigenvalue weighted by Gasteiger charge is -2.10. The number of ether oxygens (including phenoxy) is 3. The highest BCUT2D eigenvalue weighted by Gasteiger charge is 2.12. The van der Waals surface area contributed by atoms with Gasteiger partial charge in [-0.05, 0) is 49.4 Å². The van der Waals surface area contributed by atoms with Gasteiger partial charge in [-0.15, -0.1) is 0 Å². The third-order valence-electron chi connectivity index (χ3n) is 2.82. The topological polar surface area (TPSA) is 70.8 Å². The maximum absolute atomic E-state index is 11.8. The van der Waals surface area contributed by atoms with E-state index >= 15 is 0 Å². The van der Waals surface area contributed by atoms with Crippen LogP contribution < -0.4 is 15.2 Å². The normalized spacial score (nSPS) is 10.0. The molecule has 0 unspecified atom stereocenters. The van der Waals surface area contributed by atoms with Crippen LogP contribution in [0.25, 0.3) is 0 Å². The van der Waals surface area contributed by atoms with E-state index in [4.69, 9.17) is 19.9 Å². The number of hydrogen-bond acceptors (Lipinski definition) is 5. The fraction of sp³-hybridized carbons (Fsp3) is 0.188. The first kappa shape index (κ1) is 14.7. The first-order valence-corrected chi connectivity index (χ1v) is 6.52. The zero-order valence-electron chi connectivity index (χ0n) is 12.0. The molecule has 2 N–H and O–H groups in total. The summed E-state index contributed by atoms with van der Waals surface area (Å²) in [5.74, 6) is 1.43. The summed E-state index contributed by atoms with van der Waals surface area (Å²) in [5, 5.41) is 0. The second-order valence-corrected chi connectivity index (χ2v) is 4.25. The van der Waals surface area contributed by atoms with Gasteiger partial charge in [0.05, 0.1) is 19.3 Å². The van der Waals surface area contributed by atoms with Crippen LogP contribution in [-0.4, -0.2) is 19.7 Å². The van der Waals surface area contributed by atoms with Gasteiger partial charge in [-0.3, -0.25) is 0 Å². The SMILES string of the molecule is CCOC(=O)c1cc(Oc2ccc(OC)cc2)ccc1N. The first-order chi connectivity index (χ1) is 10.1. The van der Waals surface area contributed by atoms with E-state index < -0.39 is 5.97 Å². The van der Waals surface area contributed by atoms with Crippen molar-refractivity contribution < 1.29 is 19.0 Å². The Kier molecular flexibility index (Phi) is 4.66. The van der Waals surface area contributed by atoms with Crippen molar-refractivity contribution in [1.29, 1.82) is 0 Å². The summed E-state index contributed by atoms with van der Waals surface area (Å²) in [4.78, 5) is 11.8. The Bertz CT molecular complexity index is 623. The van der Waals surface area contributed by atoms with E-state index in [2.05, 4.69) is 0 Å². The molecule has 0 aliphatic carbocycles. The fourth-order valence-electron chi connectivity index (χ4n) is 1.76. The smallest absolute Gasteiger partial charge is 0.340 e. The number of carbonyl (C=O) groups excluding carboxylic acids is 1. The highest BCUT2D eigenvalue weighted by molar-refractivity contribution is 5.95. The van der Waals surface area contributed by atoms with Gasteiger partial charge in [0.15, 0.2) is 0 Å². The zero-order chi connectivity index (χ0) is 15.2. The molecule has 5 nitrogen and oxygen atoms in total. The van der Waals surface area contributed by atoms with Crippen LogP contribution in [0.1, 0.15) is 17.3 Å². The molecule has 0 fully saturated rings. The standard InChI is InChI=1S/C16H17NO4/c1-3-20-16(18)14-10-13(8-9-15(14)17)21-12-6-4-11(19-2)5-7-12/h4-10H,3,17H2,1-2H3. The average Bonchev–Trinajstić information content (AvgIpc) is 2.50. The Hall–Kier alpha value is -2.69. The Morgan fingerprint density at radius 3 is 2.29 bits per heavy atom. The summed E-state index contributed by atoms with van der Waals surface area (Å²) in [5.41, 5.74) is 6.43. The number of rotatable bonds is 5. The summed E-state index contributed by atoms with van der Waals surface area (Å²) in [6.07, 6.45) is 0. The van der Waals surface area contributed by atoms with Crippen molar-refractivity contribution in [1.82, 2.24) is 0 Å². The molecule has 0 heterocycles. The van der Waals surface area contributed by atoms with E-state index in [-0.39, 0.29) is 0 Å². The number of nitrogens with two attached hydrogens (primary N) is 1. The molecule has 21 heavy (non-hydrogen) atoms. The van der Waals surface area contributed by atoms with E-state index in [1.807, 2.05) is 0 Å². The van der Waals surface area contributed by atoms with Crippen molar-refractivity contribution in [3.8, 4) is 17.2 Å². The van der Waals surface area contributed by atoms with Crippen LogP contribution in [0.2, 0.25) is 0 Å². The average molecular weight is 287 g/mol. The Morgan fingerprint density at radius 1 is 1.05 bits per heavy atom. The van der Waals surface area contributed by atoms with E-state index in [0.717, 1.165) is 5.75 Å². The molecular weight excluding hydrogens is 270 g/mol. The quantitative estimate of drug-likeness (QED) is 0.675. The van der Waals surface area contributed by atoms with Gasteiger partial charge in [0.1, 0.15) is 17.2 Å². The highest BCUT2D eigenvalue weighted by atomic mass is 16.5. The van der Waals surface area contributed by atoms with Crippen LogP contribution in [-0.2, 0) is 4.74 Å². The van der Waals surface area contributed by atoms with E-state index in [1.54, 1.807) is 56.5 Å². The molecule has 2 aromatic rings. The molecular formula is C16H17NO4. The van der Waals surface area contributed by atoms with E-state index in [0.29, 0.717) is 29.4 Å². The third-order valence-corrected chi connectivity index (χ3v) is 2.82. The van der Waals surface area contributed by atoms with E-state index in [1.165, 1.54) is 0 Å². The fourth-order valence-corrected chi connectivity index (χ4v) is 1.76. The summed E-state index contributed by atoms with van der Waals surface area (Å²) in [6, 6.07) is 12.0. The molecule has 0 spiro atoms. The van der Waals surface area contributed by atoms with Crippen LogP contribution in [0.15, 0.2) is 42.5 Å². The lowest BCUT2D eigenvalue weighted by atomic mass is 10.1. The zero-order valence-corrected chi connectivity index (χ0v) is 12.0. The number of nitrogen functional groups attached to an aromatic ring is 1. The summed E-state index contributed by atoms with van der Waals surface area (Å²) < 4.78 is 15.7. The molecule has 0 aliphatic heterocycles. The van der Waals surface area contributed by atoms with Gasteiger partial charge in [0, 0.05) is 5.69 Å². The number of carbonyl (C=O) groups is 1. The molecule has 0 saturated heterocycles. The molecule has 110 valence electrons. The molecule has 0 atom stereocenters. The molecule has 0 bridgehead atoms. The van der Waals surface area contributed by atoms with Crippen molar-refractivity contribution in [2.75, 3.05) is 19.5 Å². The molecule has 0 radical (unpaired) electrons. The monoisotopic (exact) mass is 287 g/mol. The van der Waals surface area contributed by atoms with Crippen LogP contribution in [0.5, 0.6) is 17.2 Å².